The van der Waals surface area contributed by atoms with Crippen LogP contribution in [-0.4, -0.2) is 42.5 Å². The Balaban J connectivity index is 1.50. The molecule has 26 heavy (non-hydrogen) atoms. The van der Waals surface area contributed by atoms with Crippen molar-refractivity contribution in [3.63, 3.8) is 0 Å². The van der Waals surface area contributed by atoms with Crippen LogP contribution in [0.15, 0.2) is 18.2 Å². The fourth-order valence-corrected chi connectivity index (χ4v) is 4.03. The Labute approximate surface area is 155 Å². The molecule has 0 radical (unpaired) electrons. The van der Waals surface area contributed by atoms with Gasteiger partial charge in [-0.3, -0.25) is 4.79 Å². The average Bonchev–Trinajstić information content (AvgIpc) is 2.95. The standard InChI is InChI=1S/C21H28N4O/c1-15-18(19-12-17(13-22)5-7-20(19)24-15)9-10-23-21(26)8-6-16-4-3-11-25(2)14-16/h5,7,12,16,24H,3-4,6,8-11,14H2,1-2H3,(H,23,26). The van der Waals surface area contributed by atoms with Gasteiger partial charge in [-0.05, 0) is 75.9 Å². The number of nitrogens with one attached hydrogen (secondary N) is 2. The number of carbonyl (C=O) groups is 1. The lowest BCUT2D eigenvalue weighted by Gasteiger charge is -2.29. The largest absolute Gasteiger partial charge is 0.358 e. The van der Waals surface area contributed by atoms with E-state index in [1.165, 1.54) is 24.9 Å². The Hall–Kier alpha value is -2.32. The zero-order valence-corrected chi connectivity index (χ0v) is 15.8. The molecule has 1 aliphatic rings. The second kappa shape index (κ2) is 8.37. The van der Waals surface area contributed by atoms with Gasteiger partial charge in [0.05, 0.1) is 11.6 Å². The van der Waals surface area contributed by atoms with E-state index in [1.54, 1.807) is 0 Å². The minimum absolute atomic E-state index is 0.147. The number of piperidine rings is 1. The molecule has 2 heterocycles. The van der Waals surface area contributed by atoms with E-state index >= 15 is 0 Å². The van der Waals surface area contributed by atoms with E-state index in [2.05, 4.69) is 28.3 Å². The average molecular weight is 352 g/mol. The van der Waals surface area contributed by atoms with Crippen molar-refractivity contribution in [3.8, 4) is 6.07 Å². The molecule has 0 spiro atoms. The van der Waals surface area contributed by atoms with Crippen LogP contribution in [0.2, 0.25) is 0 Å². The van der Waals surface area contributed by atoms with Crippen molar-refractivity contribution in [2.24, 2.45) is 5.92 Å². The van der Waals surface area contributed by atoms with Gasteiger partial charge in [0, 0.05) is 36.1 Å². The first-order chi connectivity index (χ1) is 12.6. The lowest BCUT2D eigenvalue weighted by atomic mass is 9.93. The van der Waals surface area contributed by atoms with Gasteiger partial charge in [0.15, 0.2) is 0 Å². The van der Waals surface area contributed by atoms with Crippen LogP contribution in [0.3, 0.4) is 0 Å². The predicted molar refractivity (Wildman–Crippen MR) is 104 cm³/mol. The number of rotatable bonds is 6. The number of aryl methyl sites for hydroxylation is 1. The molecule has 1 aromatic heterocycles. The number of aromatic nitrogens is 1. The Morgan fingerprint density at radius 3 is 3.08 bits per heavy atom. The van der Waals surface area contributed by atoms with Crippen molar-refractivity contribution in [2.75, 3.05) is 26.7 Å². The van der Waals surface area contributed by atoms with Gasteiger partial charge < -0.3 is 15.2 Å². The maximum Gasteiger partial charge on any atom is 0.220 e. The smallest absolute Gasteiger partial charge is 0.220 e. The summed E-state index contributed by atoms with van der Waals surface area (Å²) in [5.74, 6) is 0.799. The summed E-state index contributed by atoms with van der Waals surface area (Å²) in [7, 11) is 2.16. The van der Waals surface area contributed by atoms with Crippen molar-refractivity contribution < 1.29 is 4.79 Å². The zero-order valence-electron chi connectivity index (χ0n) is 15.8. The van der Waals surface area contributed by atoms with Crippen molar-refractivity contribution >= 4 is 16.8 Å². The fraction of sp³-hybridized carbons (Fsp3) is 0.524. The molecule has 1 saturated heterocycles. The molecule has 2 aromatic rings. The molecule has 0 bridgehead atoms. The first-order valence-electron chi connectivity index (χ1n) is 9.53. The highest BCUT2D eigenvalue weighted by molar-refractivity contribution is 5.86. The summed E-state index contributed by atoms with van der Waals surface area (Å²) in [6.07, 6.45) is 4.86. The molecule has 1 aromatic carbocycles. The molecular weight excluding hydrogens is 324 g/mol. The highest BCUT2D eigenvalue weighted by Crippen LogP contribution is 2.24. The van der Waals surface area contributed by atoms with Crippen LogP contribution in [0.1, 0.15) is 42.5 Å². The number of H-pyrrole nitrogens is 1. The van der Waals surface area contributed by atoms with Crippen LogP contribution in [-0.2, 0) is 11.2 Å². The molecule has 1 atom stereocenters. The summed E-state index contributed by atoms with van der Waals surface area (Å²) in [6.45, 7) is 4.97. The molecule has 0 saturated carbocycles. The maximum atomic E-state index is 12.2. The Bertz CT molecular complexity index is 817. The topological polar surface area (TPSA) is 71.9 Å². The number of likely N-dealkylation sites (tertiary alicyclic amines) is 1. The van der Waals surface area contributed by atoms with E-state index in [4.69, 9.17) is 5.26 Å². The number of nitrogens with zero attached hydrogens (tertiary/aromatic N) is 2. The minimum Gasteiger partial charge on any atom is -0.358 e. The predicted octanol–water partition coefficient (Wildman–Crippen LogP) is 3.13. The van der Waals surface area contributed by atoms with Crippen LogP contribution in [0.5, 0.6) is 0 Å². The van der Waals surface area contributed by atoms with Crippen LogP contribution >= 0.6 is 0 Å². The summed E-state index contributed by atoms with van der Waals surface area (Å²) < 4.78 is 0. The van der Waals surface area contributed by atoms with E-state index < -0.39 is 0 Å². The van der Waals surface area contributed by atoms with Gasteiger partial charge in [-0.2, -0.15) is 5.26 Å². The maximum absolute atomic E-state index is 12.2. The number of nitriles is 1. The van der Waals surface area contributed by atoms with Gasteiger partial charge in [-0.25, -0.2) is 0 Å². The van der Waals surface area contributed by atoms with Crippen molar-refractivity contribution in [3.05, 3.63) is 35.0 Å². The third kappa shape index (κ3) is 4.44. The van der Waals surface area contributed by atoms with Crippen LogP contribution in [0.4, 0.5) is 0 Å². The zero-order chi connectivity index (χ0) is 18.5. The highest BCUT2D eigenvalue weighted by atomic mass is 16.1. The monoisotopic (exact) mass is 352 g/mol. The van der Waals surface area contributed by atoms with E-state index in [-0.39, 0.29) is 5.91 Å². The second-order valence-corrected chi connectivity index (χ2v) is 7.51. The SMILES string of the molecule is Cc1[nH]c2ccc(C#N)cc2c1CCNC(=O)CCC1CCCN(C)C1. The number of benzene rings is 1. The lowest BCUT2D eigenvalue weighted by molar-refractivity contribution is -0.121. The van der Waals surface area contributed by atoms with Gasteiger partial charge in [0.2, 0.25) is 5.91 Å². The minimum atomic E-state index is 0.147. The second-order valence-electron chi connectivity index (χ2n) is 7.51. The van der Waals surface area contributed by atoms with Crippen molar-refractivity contribution in [2.45, 2.75) is 39.0 Å². The lowest BCUT2D eigenvalue weighted by Crippen LogP contribution is -2.33. The number of aromatic amines is 1. The fourth-order valence-electron chi connectivity index (χ4n) is 4.03. The molecule has 1 unspecified atom stereocenters. The van der Waals surface area contributed by atoms with E-state index in [0.717, 1.165) is 36.0 Å². The molecule has 5 heteroatoms. The normalized spacial score (nSPS) is 18.0. The molecule has 138 valence electrons. The summed E-state index contributed by atoms with van der Waals surface area (Å²) in [5.41, 5.74) is 4.00. The van der Waals surface area contributed by atoms with Crippen molar-refractivity contribution in [1.82, 2.24) is 15.2 Å². The first-order valence-corrected chi connectivity index (χ1v) is 9.53. The number of carbonyl (C=O) groups excluding carboxylic acids is 1. The summed E-state index contributed by atoms with van der Waals surface area (Å²) in [5, 5.41) is 13.3. The van der Waals surface area contributed by atoms with E-state index in [0.29, 0.717) is 24.4 Å². The molecule has 0 aliphatic carbocycles. The van der Waals surface area contributed by atoms with E-state index in [1.807, 2.05) is 25.1 Å². The Morgan fingerprint density at radius 2 is 2.31 bits per heavy atom. The first kappa shape index (κ1) is 18.5. The third-order valence-corrected chi connectivity index (χ3v) is 5.45. The molecule has 5 nitrogen and oxygen atoms in total. The summed E-state index contributed by atoms with van der Waals surface area (Å²) in [6, 6.07) is 7.89. The summed E-state index contributed by atoms with van der Waals surface area (Å²) in [4.78, 5) is 17.9. The molecule has 1 fully saturated rings. The van der Waals surface area contributed by atoms with Crippen LogP contribution in [0, 0.1) is 24.2 Å². The van der Waals surface area contributed by atoms with Crippen LogP contribution < -0.4 is 5.32 Å². The number of hydrogen-bond donors (Lipinski definition) is 2. The molecular formula is C21H28N4O. The van der Waals surface area contributed by atoms with Gasteiger partial charge in [0.1, 0.15) is 0 Å². The van der Waals surface area contributed by atoms with Gasteiger partial charge in [0.25, 0.3) is 0 Å². The third-order valence-electron chi connectivity index (χ3n) is 5.45. The van der Waals surface area contributed by atoms with Gasteiger partial charge in [-0.1, -0.05) is 0 Å². The number of fused-ring (bicyclic) bond motifs is 1. The molecule has 1 aliphatic heterocycles. The van der Waals surface area contributed by atoms with Crippen LogP contribution in [0.25, 0.3) is 10.9 Å². The quantitative estimate of drug-likeness (QED) is 0.839. The van der Waals surface area contributed by atoms with Gasteiger partial charge in [-0.15, -0.1) is 0 Å². The van der Waals surface area contributed by atoms with E-state index in [9.17, 15) is 4.79 Å². The number of amides is 1. The highest BCUT2D eigenvalue weighted by Gasteiger charge is 2.18. The van der Waals surface area contributed by atoms with Crippen molar-refractivity contribution in [1.29, 1.82) is 5.26 Å². The summed E-state index contributed by atoms with van der Waals surface area (Å²) >= 11 is 0. The molecule has 1 amide bonds. The molecule has 2 N–H and O–H groups in total. The molecule has 3 rings (SSSR count). The van der Waals surface area contributed by atoms with Gasteiger partial charge >= 0.3 is 0 Å². The number of hydrogen-bond acceptors (Lipinski definition) is 3. The Morgan fingerprint density at radius 1 is 1.46 bits per heavy atom. The Kier molecular flexibility index (Phi) is 5.95.